The van der Waals surface area contributed by atoms with Crippen LogP contribution in [0.1, 0.15) is 29.0 Å². The van der Waals surface area contributed by atoms with E-state index in [1.165, 1.54) is 4.68 Å². The topological polar surface area (TPSA) is 115 Å². The lowest BCUT2D eigenvalue weighted by molar-refractivity contribution is 0.0849. The van der Waals surface area contributed by atoms with Crippen LogP contribution in [0.3, 0.4) is 0 Å². The van der Waals surface area contributed by atoms with E-state index in [1.807, 2.05) is 12.1 Å². The lowest BCUT2D eigenvalue weighted by Crippen LogP contribution is -2.34. The lowest BCUT2D eigenvalue weighted by Gasteiger charge is -2.10. The van der Waals surface area contributed by atoms with E-state index in [2.05, 4.69) is 25.6 Å². The molecule has 1 saturated heterocycles. The van der Waals surface area contributed by atoms with Crippen LogP contribution in [0.15, 0.2) is 29.1 Å². The summed E-state index contributed by atoms with van der Waals surface area (Å²) in [7, 11) is 0. The average molecular weight is 389 g/mol. The van der Waals surface area contributed by atoms with Crippen molar-refractivity contribution in [1.82, 2.24) is 30.3 Å². The molecule has 0 spiro atoms. The highest BCUT2D eigenvalue weighted by Crippen LogP contribution is 2.13. The highest BCUT2D eigenvalue weighted by atomic mass is 35.5. The smallest absolute Gasteiger partial charge is 0.287 e. The van der Waals surface area contributed by atoms with Crippen LogP contribution < -0.4 is 10.9 Å². The third kappa shape index (κ3) is 3.83. The Balaban J connectivity index is 1.59. The summed E-state index contributed by atoms with van der Waals surface area (Å²) in [4.78, 5) is 31.3. The number of fused-ring (bicyclic) bond motifs is 1. The predicted molar refractivity (Wildman–Crippen MR) is 97.8 cm³/mol. The number of rotatable bonds is 5. The van der Waals surface area contributed by atoms with Crippen molar-refractivity contribution in [2.75, 3.05) is 13.2 Å². The number of aromatic amines is 1. The summed E-state index contributed by atoms with van der Waals surface area (Å²) in [6.07, 6.45) is 1.88. The van der Waals surface area contributed by atoms with E-state index in [0.29, 0.717) is 24.7 Å². The van der Waals surface area contributed by atoms with Gasteiger partial charge in [-0.15, -0.1) is 5.10 Å². The molecule has 4 rings (SSSR count). The normalized spacial score (nSPS) is 16.7. The number of ether oxygens (including phenoxy) is 1. The van der Waals surface area contributed by atoms with Gasteiger partial charge in [-0.3, -0.25) is 9.59 Å². The molecule has 1 unspecified atom stereocenters. The van der Waals surface area contributed by atoms with E-state index in [4.69, 9.17) is 16.3 Å². The molecule has 0 saturated carbocycles. The number of H-pyrrole nitrogens is 1. The summed E-state index contributed by atoms with van der Waals surface area (Å²) >= 11 is 6.00. The van der Waals surface area contributed by atoms with Gasteiger partial charge in [0.25, 0.3) is 11.5 Å². The number of halogens is 1. The molecule has 1 aliphatic heterocycles. The first-order valence-corrected chi connectivity index (χ1v) is 8.96. The Hall–Kier alpha value is -2.78. The van der Waals surface area contributed by atoms with E-state index in [-0.39, 0.29) is 23.1 Å². The second kappa shape index (κ2) is 7.45. The van der Waals surface area contributed by atoms with Gasteiger partial charge < -0.3 is 15.0 Å². The molecule has 2 aromatic heterocycles. The van der Waals surface area contributed by atoms with Crippen molar-refractivity contribution in [3.8, 4) is 0 Å². The largest absolute Gasteiger partial charge is 0.376 e. The third-order valence-corrected chi connectivity index (χ3v) is 4.56. The van der Waals surface area contributed by atoms with Crippen molar-refractivity contribution in [2.45, 2.75) is 25.5 Å². The van der Waals surface area contributed by atoms with Crippen LogP contribution in [-0.4, -0.2) is 50.1 Å². The van der Waals surface area contributed by atoms with Crippen molar-refractivity contribution in [1.29, 1.82) is 0 Å². The minimum Gasteiger partial charge on any atom is -0.376 e. The van der Waals surface area contributed by atoms with Gasteiger partial charge in [0.1, 0.15) is 0 Å². The zero-order valence-corrected chi connectivity index (χ0v) is 15.1. The zero-order chi connectivity index (χ0) is 18.8. The maximum absolute atomic E-state index is 12.4. The second-order valence-electron chi connectivity index (χ2n) is 6.31. The Kier molecular flexibility index (Phi) is 4.87. The van der Waals surface area contributed by atoms with Crippen LogP contribution >= 0.6 is 11.6 Å². The lowest BCUT2D eigenvalue weighted by atomic mass is 10.2. The Bertz CT molecular complexity index is 1040. The molecule has 140 valence electrons. The first-order chi connectivity index (χ1) is 13.1. The predicted octanol–water partition coefficient (Wildman–Crippen LogP) is 1.13. The van der Waals surface area contributed by atoms with Gasteiger partial charge in [-0.25, -0.2) is 9.67 Å². The van der Waals surface area contributed by atoms with Crippen LogP contribution in [0, 0.1) is 0 Å². The number of carbonyl (C=O) groups excluding carboxylic acids is 1. The summed E-state index contributed by atoms with van der Waals surface area (Å²) in [5.41, 5.74) is 0.675. The number of nitrogens with zero attached hydrogens (tertiary/aromatic N) is 4. The average Bonchev–Trinajstić information content (AvgIpc) is 3.30. The molecule has 2 N–H and O–H groups in total. The van der Waals surface area contributed by atoms with Gasteiger partial charge in [0.05, 0.1) is 12.6 Å². The van der Waals surface area contributed by atoms with Crippen LogP contribution in [0.4, 0.5) is 0 Å². The van der Waals surface area contributed by atoms with E-state index in [9.17, 15) is 9.59 Å². The molecule has 3 aromatic rings. The van der Waals surface area contributed by atoms with Gasteiger partial charge in [-0.2, -0.15) is 0 Å². The van der Waals surface area contributed by atoms with Gasteiger partial charge in [-0.1, -0.05) is 28.9 Å². The Labute approximate surface area is 158 Å². The molecular weight excluding hydrogens is 372 g/mol. The second-order valence-corrected chi connectivity index (χ2v) is 6.75. The minimum absolute atomic E-state index is 0.000531. The number of hydrogen-bond donors (Lipinski definition) is 2. The van der Waals surface area contributed by atoms with Crippen molar-refractivity contribution >= 4 is 28.7 Å². The summed E-state index contributed by atoms with van der Waals surface area (Å²) in [5.74, 6) is -0.555. The van der Waals surface area contributed by atoms with E-state index in [1.54, 1.807) is 12.1 Å². The molecule has 3 heterocycles. The maximum atomic E-state index is 12.4. The first-order valence-electron chi connectivity index (χ1n) is 8.58. The number of benzene rings is 1. The molecule has 1 aliphatic rings. The van der Waals surface area contributed by atoms with Gasteiger partial charge in [0.2, 0.25) is 5.82 Å². The van der Waals surface area contributed by atoms with Gasteiger partial charge in [0, 0.05) is 18.2 Å². The van der Waals surface area contributed by atoms with Crippen LogP contribution in [0.25, 0.3) is 11.2 Å². The fourth-order valence-electron chi connectivity index (χ4n) is 2.98. The minimum atomic E-state index is -0.514. The van der Waals surface area contributed by atoms with Crippen molar-refractivity contribution < 1.29 is 9.53 Å². The summed E-state index contributed by atoms with van der Waals surface area (Å²) < 4.78 is 6.94. The molecule has 1 fully saturated rings. The molecule has 1 aromatic carbocycles. The fraction of sp³-hybridized carbons (Fsp3) is 0.353. The molecular formula is C17H17ClN6O3. The van der Waals surface area contributed by atoms with Crippen LogP contribution in [0.2, 0.25) is 5.02 Å². The van der Waals surface area contributed by atoms with Crippen molar-refractivity contribution in [3.63, 3.8) is 0 Å². The van der Waals surface area contributed by atoms with E-state index in [0.717, 1.165) is 18.4 Å². The standard InChI is InChI=1S/C17H17ClN6O3/c18-11-4-1-3-10(7-11)9-24-15-13(22-23-24)16(25)21-14(20-15)17(26)19-8-12-5-2-6-27-12/h1,3-4,7,12H,2,5-6,8-9H2,(H,19,26)(H,20,21,25). The quantitative estimate of drug-likeness (QED) is 0.677. The van der Waals surface area contributed by atoms with E-state index < -0.39 is 11.5 Å². The van der Waals surface area contributed by atoms with Crippen molar-refractivity contribution in [2.24, 2.45) is 0 Å². The van der Waals surface area contributed by atoms with Gasteiger partial charge in [0.15, 0.2) is 11.2 Å². The molecule has 0 aliphatic carbocycles. The number of amides is 1. The van der Waals surface area contributed by atoms with Crippen LogP contribution in [-0.2, 0) is 11.3 Å². The highest BCUT2D eigenvalue weighted by molar-refractivity contribution is 6.30. The molecule has 0 radical (unpaired) electrons. The monoisotopic (exact) mass is 388 g/mol. The molecule has 27 heavy (non-hydrogen) atoms. The Morgan fingerprint density at radius 3 is 3.11 bits per heavy atom. The fourth-order valence-corrected chi connectivity index (χ4v) is 3.20. The summed E-state index contributed by atoms with van der Waals surface area (Å²) in [6.45, 7) is 1.40. The number of nitrogens with one attached hydrogen (secondary N) is 2. The Morgan fingerprint density at radius 1 is 1.44 bits per heavy atom. The number of carbonyl (C=O) groups is 1. The molecule has 1 amide bonds. The highest BCUT2D eigenvalue weighted by Gasteiger charge is 2.19. The molecule has 10 heteroatoms. The van der Waals surface area contributed by atoms with Crippen LogP contribution in [0.5, 0.6) is 0 Å². The number of aromatic nitrogens is 5. The SMILES string of the molecule is O=C(NCC1CCCO1)c1nc2c(nnn2Cc2cccc(Cl)c2)c(=O)[nH]1. The first kappa shape index (κ1) is 17.6. The van der Waals surface area contributed by atoms with Gasteiger partial charge in [-0.05, 0) is 30.5 Å². The maximum Gasteiger partial charge on any atom is 0.287 e. The summed E-state index contributed by atoms with van der Waals surface area (Å²) in [5, 5.41) is 11.2. The van der Waals surface area contributed by atoms with Crippen molar-refractivity contribution in [3.05, 3.63) is 51.0 Å². The Morgan fingerprint density at radius 2 is 2.33 bits per heavy atom. The summed E-state index contributed by atoms with van der Waals surface area (Å²) in [6, 6.07) is 7.25. The molecule has 9 nitrogen and oxygen atoms in total. The molecule has 1 atom stereocenters. The zero-order valence-electron chi connectivity index (χ0n) is 14.3. The number of hydrogen-bond acceptors (Lipinski definition) is 6. The van der Waals surface area contributed by atoms with Gasteiger partial charge >= 0.3 is 0 Å². The van der Waals surface area contributed by atoms with E-state index >= 15 is 0 Å². The third-order valence-electron chi connectivity index (χ3n) is 4.32. The molecule has 0 bridgehead atoms.